The van der Waals surface area contributed by atoms with Gasteiger partial charge in [0.05, 0.1) is 24.8 Å². The molecule has 1 atom stereocenters. The normalized spacial score (nSPS) is 11.8. The monoisotopic (exact) mass is 573 g/mol. The van der Waals surface area contributed by atoms with Crippen molar-refractivity contribution in [2.24, 2.45) is 0 Å². The molecular weight excluding hydrogens is 542 g/mol. The molecule has 0 spiro atoms. The molecule has 11 heteroatoms. The predicted molar refractivity (Wildman–Crippen MR) is 151 cm³/mol. The van der Waals surface area contributed by atoms with E-state index in [4.69, 9.17) is 21.1 Å². The molecule has 0 fully saturated rings. The molecule has 0 radical (unpaired) electrons. The number of nitrogens with zero attached hydrogens (tertiary/aromatic N) is 2. The first kappa shape index (κ1) is 29.8. The molecule has 1 N–H and O–H groups in total. The van der Waals surface area contributed by atoms with Crippen LogP contribution in [0.4, 0.5) is 5.69 Å². The van der Waals surface area contributed by atoms with E-state index in [2.05, 4.69) is 5.32 Å². The molecule has 0 aliphatic rings. The van der Waals surface area contributed by atoms with Crippen molar-refractivity contribution >= 4 is 39.1 Å². The minimum Gasteiger partial charge on any atom is -0.497 e. The van der Waals surface area contributed by atoms with Crippen molar-refractivity contribution in [3.63, 3.8) is 0 Å². The van der Waals surface area contributed by atoms with Gasteiger partial charge in [-0.05, 0) is 61.9 Å². The highest BCUT2D eigenvalue weighted by Crippen LogP contribution is 2.35. The Kier molecular flexibility index (Phi) is 9.82. The molecule has 39 heavy (non-hydrogen) atoms. The van der Waals surface area contributed by atoms with Crippen LogP contribution in [0.15, 0.2) is 71.6 Å². The minimum atomic E-state index is -4.26. The Morgan fingerprint density at radius 3 is 2.31 bits per heavy atom. The van der Waals surface area contributed by atoms with Gasteiger partial charge in [0.2, 0.25) is 11.8 Å². The van der Waals surface area contributed by atoms with Crippen molar-refractivity contribution in [2.75, 3.05) is 32.1 Å². The topological polar surface area (TPSA) is 105 Å². The van der Waals surface area contributed by atoms with Crippen molar-refractivity contribution in [3.05, 3.63) is 82.9 Å². The Hall–Kier alpha value is -3.76. The van der Waals surface area contributed by atoms with Crippen LogP contribution in [-0.2, 0) is 26.2 Å². The van der Waals surface area contributed by atoms with Crippen molar-refractivity contribution in [2.45, 2.75) is 31.3 Å². The van der Waals surface area contributed by atoms with Crippen LogP contribution in [0, 0.1) is 6.92 Å². The summed E-state index contributed by atoms with van der Waals surface area (Å²) in [6.07, 6.45) is 0. The lowest BCUT2D eigenvalue weighted by Gasteiger charge is -2.32. The molecule has 0 saturated heterocycles. The van der Waals surface area contributed by atoms with Crippen LogP contribution in [-0.4, -0.2) is 59.0 Å². The van der Waals surface area contributed by atoms with E-state index in [-0.39, 0.29) is 27.9 Å². The first-order chi connectivity index (χ1) is 18.5. The Labute approximate surface area is 234 Å². The van der Waals surface area contributed by atoms with Gasteiger partial charge >= 0.3 is 0 Å². The van der Waals surface area contributed by atoms with Crippen LogP contribution in [0.1, 0.15) is 18.1 Å². The third-order valence-corrected chi connectivity index (χ3v) is 8.21. The maximum atomic E-state index is 13.9. The molecule has 0 aliphatic carbocycles. The molecule has 0 aromatic heterocycles. The largest absolute Gasteiger partial charge is 0.497 e. The Morgan fingerprint density at radius 2 is 1.69 bits per heavy atom. The number of aryl methyl sites for hydroxylation is 1. The number of amides is 2. The van der Waals surface area contributed by atoms with Gasteiger partial charge in [-0.15, -0.1) is 0 Å². The van der Waals surface area contributed by atoms with E-state index in [0.717, 1.165) is 9.87 Å². The summed E-state index contributed by atoms with van der Waals surface area (Å²) in [5, 5.41) is 2.81. The summed E-state index contributed by atoms with van der Waals surface area (Å²) >= 11 is 6.24. The summed E-state index contributed by atoms with van der Waals surface area (Å²) < 4.78 is 39.6. The maximum absolute atomic E-state index is 13.9. The van der Waals surface area contributed by atoms with E-state index >= 15 is 0 Å². The minimum absolute atomic E-state index is 0.0124. The Balaban J connectivity index is 2.10. The highest BCUT2D eigenvalue weighted by molar-refractivity contribution is 7.92. The number of anilines is 1. The number of hydrogen-bond acceptors (Lipinski definition) is 6. The van der Waals surface area contributed by atoms with Crippen molar-refractivity contribution in [3.8, 4) is 11.5 Å². The number of nitrogens with one attached hydrogen (secondary N) is 1. The van der Waals surface area contributed by atoms with Gasteiger partial charge in [-0.1, -0.05) is 41.4 Å². The Morgan fingerprint density at radius 1 is 1.00 bits per heavy atom. The van der Waals surface area contributed by atoms with Gasteiger partial charge in [0.1, 0.15) is 24.1 Å². The standard InChI is InChI=1S/C28H32ClN3O6S/c1-19-9-12-24(13-10-19)39(35,36)32(25-16-22(29)11-14-26(25)38-5)18-27(33)31(20(2)28(34)30-3)17-21-7-6-8-23(15-21)37-4/h6-16,20H,17-18H2,1-5H3,(H,30,34)/t20-/m0/s1. The molecule has 2 amide bonds. The van der Waals surface area contributed by atoms with Gasteiger partial charge in [-0.2, -0.15) is 0 Å². The number of ether oxygens (including phenoxy) is 2. The van der Waals surface area contributed by atoms with Crippen molar-refractivity contribution in [1.29, 1.82) is 0 Å². The lowest BCUT2D eigenvalue weighted by Crippen LogP contribution is -2.50. The van der Waals surface area contributed by atoms with Gasteiger partial charge < -0.3 is 19.7 Å². The molecule has 0 bridgehead atoms. The highest BCUT2D eigenvalue weighted by atomic mass is 35.5. The molecular formula is C28H32ClN3O6S. The van der Waals surface area contributed by atoms with Crippen LogP contribution < -0.4 is 19.1 Å². The van der Waals surface area contributed by atoms with Crippen LogP contribution in [0.2, 0.25) is 5.02 Å². The molecule has 0 saturated carbocycles. The van der Waals surface area contributed by atoms with E-state index < -0.39 is 34.4 Å². The summed E-state index contributed by atoms with van der Waals surface area (Å²) in [7, 11) is 0.139. The second-order valence-electron chi connectivity index (χ2n) is 8.80. The number of likely N-dealkylation sites (N-methyl/N-ethyl adjacent to an activating group) is 1. The number of benzene rings is 3. The smallest absolute Gasteiger partial charge is 0.264 e. The fraction of sp³-hybridized carbons (Fsp3) is 0.286. The molecule has 0 unspecified atom stereocenters. The first-order valence-corrected chi connectivity index (χ1v) is 13.9. The first-order valence-electron chi connectivity index (χ1n) is 12.1. The van der Waals surface area contributed by atoms with E-state index in [1.54, 1.807) is 49.4 Å². The summed E-state index contributed by atoms with van der Waals surface area (Å²) in [6, 6.07) is 17.0. The van der Waals surface area contributed by atoms with Crippen LogP contribution >= 0.6 is 11.6 Å². The number of carbonyl (C=O) groups excluding carboxylic acids is 2. The highest BCUT2D eigenvalue weighted by Gasteiger charge is 2.33. The second-order valence-corrected chi connectivity index (χ2v) is 11.1. The van der Waals surface area contributed by atoms with Gasteiger partial charge in [-0.3, -0.25) is 13.9 Å². The number of carbonyl (C=O) groups is 2. The lowest BCUT2D eigenvalue weighted by atomic mass is 10.1. The van der Waals surface area contributed by atoms with E-state index in [9.17, 15) is 18.0 Å². The maximum Gasteiger partial charge on any atom is 0.264 e. The number of methoxy groups -OCH3 is 2. The number of sulfonamides is 1. The molecule has 3 rings (SSSR count). The average Bonchev–Trinajstić information content (AvgIpc) is 2.93. The zero-order chi connectivity index (χ0) is 28.7. The molecule has 9 nitrogen and oxygen atoms in total. The predicted octanol–water partition coefficient (Wildman–Crippen LogP) is 4.02. The third kappa shape index (κ3) is 7.01. The number of halogens is 1. The SMILES string of the molecule is CNC(=O)[C@H](C)N(Cc1cccc(OC)c1)C(=O)CN(c1cc(Cl)ccc1OC)S(=O)(=O)c1ccc(C)cc1. The number of rotatable bonds is 11. The quantitative estimate of drug-likeness (QED) is 0.371. The summed E-state index contributed by atoms with van der Waals surface area (Å²) in [5.41, 5.74) is 1.67. The summed E-state index contributed by atoms with van der Waals surface area (Å²) in [6.45, 7) is 2.85. The summed E-state index contributed by atoms with van der Waals surface area (Å²) in [4.78, 5) is 27.8. The van der Waals surface area contributed by atoms with Crippen LogP contribution in [0.25, 0.3) is 0 Å². The van der Waals surface area contributed by atoms with Crippen molar-refractivity contribution < 1.29 is 27.5 Å². The fourth-order valence-electron chi connectivity index (χ4n) is 3.97. The molecule has 0 aliphatic heterocycles. The van der Waals surface area contributed by atoms with Gasteiger partial charge in [-0.25, -0.2) is 8.42 Å². The van der Waals surface area contributed by atoms with E-state index in [1.165, 1.54) is 50.4 Å². The van der Waals surface area contributed by atoms with Gasteiger partial charge in [0.15, 0.2) is 0 Å². The van der Waals surface area contributed by atoms with Crippen LogP contribution in [0.3, 0.4) is 0 Å². The zero-order valence-corrected chi connectivity index (χ0v) is 24.0. The van der Waals surface area contributed by atoms with Gasteiger partial charge in [0.25, 0.3) is 10.0 Å². The zero-order valence-electron chi connectivity index (χ0n) is 22.5. The fourth-order valence-corrected chi connectivity index (χ4v) is 5.55. The second kappa shape index (κ2) is 12.9. The van der Waals surface area contributed by atoms with Crippen LogP contribution in [0.5, 0.6) is 11.5 Å². The van der Waals surface area contributed by atoms with E-state index in [1.807, 2.05) is 6.92 Å². The molecule has 3 aromatic carbocycles. The van der Waals surface area contributed by atoms with Gasteiger partial charge in [0, 0.05) is 18.6 Å². The van der Waals surface area contributed by atoms with E-state index in [0.29, 0.717) is 11.3 Å². The summed E-state index contributed by atoms with van der Waals surface area (Å²) in [5.74, 6) is -0.215. The average molecular weight is 574 g/mol. The number of hydrogen-bond donors (Lipinski definition) is 1. The lowest BCUT2D eigenvalue weighted by molar-refractivity contribution is -0.139. The Bertz CT molecular complexity index is 1430. The third-order valence-electron chi connectivity index (χ3n) is 6.20. The molecule has 3 aromatic rings. The molecule has 0 heterocycles. The van der Waals surface area contributed by atoms with Crippen molar-refractivity contribution in [1.82, 2.24) is 10.2 Å². The molecule has 208 valence electrons.